The Kier molecular flexibility index (Phi) is 11.6. The van der Waals surface area contributed by atoms with Crippen molar-refractivity contribution in [2.24, 2.45) is 10.9 Å². The first-order chi connectivity index (χ1) is 23.0. The van der Waals surface area contributed by atoms with Crippen LogP contribution >= 0.6 is 22.9 Å². The molecule has 2 aliphatic heterocycles. The molecule has 1 saturated heterocycles. The van der Waals surface area contributed by atoms with Crippen molar-refractivity contribution in [2.75, 3.05) is 26.8 Å². The van der Waals surface area contributed by atoms with Crippen molar-refractivity contribution in [1.29, 1.82) is 0 Å². The Morgan fingerprint density at radius 3 is 2.62 bits per heavy atom. The SMILES string of the molecule is CCOC(=O)C1=C(C2CCN(S(=O)(=O)c3cnn(CCCCCC(=O)OC)c3)CC2)NC(c2nccs2)=NC1c1ccc(F)c(F)c1Cl. The average molecular weight is 725 g/mol. The van der Waals surface area contributed by atoms with Crippen LogP contribution < -0.4 is 5.32 Å². The van der Waals surface area contributed by atoms with E-state index in [-0.39, 0.29) is 47.6 Å². The number of carbonyl (C=O) groups is 2. The van der Waals surface area contributed by atoms with Gasteiger partial charge in [-0.2, -0.15) is 9.40 Å². The van der Waals surface area contributed by atoms with Crippen molar-refractivity contribution in [3.05, 3.63) is 74.6 Å². The molecule has 2 aromatic heterocycles. The van der Waals surface area contributed by atoms with Gasteiger partial charge >= 0.3 is 11.9 Å². The van der Waals surface area contributed by atoms with Gasteiger partial charge in [-0.3, -0.25) is 14.5 Å². The molecule has 0 amide bonds. The number of nitrogens with one attached hydrogen (secondary N) is 1. The Balaban J connectivity index is 1.37. The Morgan fingerprint density at radius 1 is 1.17 bits per heavy atom. The second-order valence-electron chi connectivity index (χ2n) is 11.2. The second kappa shape index (κ2) is 15.7. The maximum absolute atomic E-state index is 14.7. The molecule has 12 nitrogen and oxygen atoms in total. The molecule has 2 aliphatic rings. The lowest BCUT2D eigenvalue weighted by molar-refractivity contribution is -0.141. The van der Waals surface area contributed by atoms with Crippen LogP contribution in [-0.2, 0) is 35.6 Å². The van der Waals surface area contributed by atoms with E-state index in [1.165, 1.54) is 41.2 Å². The highest BCUT2D eigenvalue weighted by atomic mass is 35.5. The molecule has 1 atom stereocenters. The fourth-order valence-electron chi connectivity index (χ4n) is 5.70. The predicted molar refractivity (Wildman–Crippen MR) is 174 cm³/mol. The molecule has 4 heterocycles. The number of hydrogen-bond acceptors (Lipinski definition) is 11. The predicted octanol–water partition coefficient (Wildman–Crippen LogP) is 5.01. The van der Waals surface area contributed by atoms with Crippen LogP contribution in [0.15, 0.2) is 57.3 Å². The summed E-state index contributed by atoms with van der Waals surface area (Å²) in [5.74, 6) is -3.41. The van der Waals surface area contributed by atoms with Gasteiger partial charge in [0.2, 0.25) is 10.0 Å². The highest BCUT2D eigenvalue weighted by molar-refractivity contribution is 7.89. The van der Waals surface area contributed by atoms with Gasteiger partial charge in [-0.25, -0.2) is 27.0 Å². The molecule has 0 radical (unpaired) electrons. The quantitative estimate of drug-likeness (QED) is 0.146. The Labute approximate surface area is 285 Å². The summed E-state index contributed by atoms with van der Waals surface area (Å²) in [6.07, 6.45) is 7.57. The van der Waals surface area contributed by atoms with Crippen LogP contribution in [0.1, 0.15) is 62.1 Å². The Hall–Kier alpha value is -3.73. The van der Waals surface area contributed by atoms with Gasteiger partial charge in [0.25, 0.3) is 0 Å². The lowest BCUT2D eigenvalue weighted by atomic mass is 9.86. The number of esters is 2. The van der Waals surface area contributed by atoms with E-state index in [2.05, 4.69) is 25.1 Å². The number of methoxy groups -OCH3 is 1. The summed E-state index contributed by atoms with van der Waals surface area (Å²) in [5.41, 5.74) is 0.600. The molecule has 258 valence electrons. The summed E-state index contributed by atoms with van der Waals surface area (Å²) in [4.78, 5) is 33.9. The number of hydrogen-bond donors (Lipinski definition) is 1. The second-order valence-corrected chi connectivity index (χ2v) is 14.4. The van der Waals surface area contributed by atoms with Crippen molar-refractivity contribution in [3.63, 3.8) is 0 Å². The highest BCUT2D eigenvalue weighted by Gasteiger charge is 2.39. The normalized spacial score (nSPS) is 17.6. The molecule has 1 unspecified atom stereocenters. The van der Waals surface area contributed by atoms with E-state index in [1.54, 1.807) is 23.2 Å². The van der Waals surface area contributed by atoms with E-state index in [9.17, 15) is 26.8 Å². The first kappa shape index (κ1) is 35.6. The standard InChI is InChI=1S/C31H35ClF2N6O6S2/c1-3-46-31(42)24-27(37-29(30-35-12-16-47-30)38-28(24)21-8-9-22(33)26(34)25(21)32)19-10-14-40(15-11-19)48(43,44)20-17-36-39(18-20)13-6-4-5-7-23(41)45-2/h8-9,12,16-19,28H,3-7,10-11,13-15H2,1-2H3,(H,37,38). The molecule has 0 spiro atoms. The van der Waals surface area contributed by atoms with Gasteiger partial charge in [0.05, 0.1) is 30.5 Å². The molecule has 3 aromatic rings. The maximum atomic E-state index is 14.7. The van der Waals surface area contributed by atoms with Crippen LogP contribution in [-0.4, -0.2) is 72.1 Å². The number of piperidine rings is 1. The van der Waals surface area contributed by atoms with Gasteiger partial charge in [-0.05, 0) is 38.7 Å². The third kappa shape index (κ3) is 7.77. The summed E-state index contributed by atoms with van der Waals surface area (Å²) >= 11 is 7.58. The number of rotatable bonds is 13. The van der Waals surface area contributed by atoms with Crippen LogP contribution in [0.25, 0.3) is 0 Å². The molecule has 0 saturated carbocycles. The summed E-state index contributed by atoms with van der Waals surface area (Å²) in [6, 6.07) is 1.07. The number of nitrogens with zero attached hydrogens (tertiary/aromatic N) is 5. The van der Waals surface area contributed by atoms with E-state index >= 15 is 0 Å². The number of ether oxygens (including phenoxy) is 2. The van der Waals surface area contributed by atoms with Gasteiger partial charge in [0.15, 0.2) is 22.5 Å². The summed E-state index contributed by atoms with van der Waals surface area (Å²) < 4.78 is 68.9. The third-order valence-electron chi connectivity index (χ3n) is 8.17. The van der Waals surface area contributed by atoms with Gasteiger partial charge in [0.1, 0.15) is 10.9 Å². The number of allylic oxidation sites excluding steroid dienone is 1. The minimum absolute atomic E-state index is 0.0504. The number of thiazole rings is 1. The minimum Gasteiger partial charge on any atom is -0.469 e. The third-order valence-corrected chi connectivity index (χ3v) is 11.2. The monoisotopic (exact) mass is 724 g/mol. The number of benzene rings is 1. The Bertz CT molecular complexity index is 1810. The van der Waals surface area contributed by atoms with E-state index in [4.69, 9.17) is 16.3 Å². The van der Waals surface area contributed by atoms with Crippen LogP contribution in [0.3, 0.4) is 0 Å². The lowest BCUT2D eigenvalue weighted by Gasteiger charge is -2.36. The number of halogens is 3. The number of unbranched alkanes of at least 4 members (excludes halogenated alkanes) is 2. The van der Waals surface area contributed by atoms with Crippen LogP contribution in [0.2, 0.25) is 5.02 Å². The summed E-state index contributed by atoms with van der Waals surface area (Å²) in [5, 5.41) is 9.21. The smallest absolute Gasteiger partial charge is 0.338 e. The summed E-state index contributed by atoms with van der Waals surface area (Å²) in [6.45, 7) is 2.49. The van der Waals surface area contributed by atoms with Crippen molar-refractivity contribution >= 4 is 50.7 Å². The van der Waals surface area contributed by atoms with Crippen molar-refractivity contribution in [1.82, 2.24) is 24.4 Å². The fourth-order valence-corrected chi connectivity index (χ4v) is 7.97. The van der Waals surface area contributed by atoms with Gasteiger partial charge in [-0.15, -0.1) is 11.3 Å². The highest BCUT2D eigenvalue weighted by Crippen LogP contribution is 2.41. The first-order valence-corrected chi connectivity index (χ1v) is 18.1. The first-order valence-electron chi connectivity index (χ1n) is 15.4. The Morgan fingerprint density at radius 2 is 1.94 bits per heavy atom. The molecule has 0 aliphatic carbocycles. The van der Waals surface area contributed by atoms with Crippen LogP contribution in [0, 0.1) is 17.6 Å². The molecule has 1 N–H and O–H groups in total. The zero-order valence-corrected chi connectivity index (χ0v) is 28.7. The molecule has 1 aromatic carbocycles. The number of carbonyl (C=O) groups excluding carboxylic acids is 2. The van der Waals surface area contributed by atoms with Gasteiger partial charge in [0, 0.05) is 61.0 Å². The molecule has 5 rings (SSSR count). The van der Waals surface area contributed by atoms with E-state index < -0.39 is 38.7 Å². The number of amidine groups is 1. The zero-order valence-electron chi connectivity index (χ0n) is 26.3. The zero-order chi connectivity index (χ0) is 34.4. The van der Waals surface area contributed by atoms with Crippen LogP contribution in [0.5, 0.6) is 0 Å². The molecular formula is C31H35ClF2N6O6S2. The average Bonchev–Trinajstić information content (AvgIpc) is 3.80. The molecular weight excluding hydrogens is 690 g/mol. The number of aryl methyl sites for hydroxylation is 1. The number of aromatic nitrogens is 3. The number of aliphatic imine (C=N–C) groups is 1. The minimum atomic E-state index is -3.86. The van der Waals surface area contributed by atoms with Crippen molar-refractivity contribution < 1.29 is 36.3 Å². The van der Waals surface area contributed by atoms with Crippen LogP contribution in [0.4, 0.5) is 8.78 Å². The summed E-state index contributed by atoms with van der Waals surface area (Å²) in [7, 11) is -2.52. The van der Waals surface area contributed by atoms with Gasteiger partial charge in [-0.1, -0.05) is 24.1 Å². The van der Waals surface area contributed by atoms with Gasteiger partial charge < -0.3 is 14.8 Å². The van der Waals surface area contributed by atoms with E-state index in [0.717, 1.165) is 18.9 Å². The molecule has 48 heavy (non-hydrogen) atoms. The number of sulfonamides is 1. The topological polar surface area (TPSA) is 145 Å². The lowest BCUT2D eigenvalue weighted by Crippen LogP contribution is -2.43. The van der Waals surface area contributed by atoms with E-state index in [1.807, 2.05) is 0 Å². The fraction of sp³-hybridized carbons (Fsp3) is 0.452. The van der Waals surface area contributed by atoms with E-state index in [0.29, 0.717) is 48.8 Å². The maximum Gasteiger partial charge on any atom is 0.338 e. The van der Waals surface area contributed by atoms with Crippen molar-refractivity contribution in [3.8, 4) is 0 Å². The van der Waals surface area contributed by atoms with Crippen molar-refractivity contribution in [2.45, 2.75) is 62.9 Å². The molecule has 1 fully saturated rings. The molecule has 0 bridgehead atoms. The largest absolute Gasteiger partial charge is 0.469 e. The molecule has 17 heteroatoms.